The molecule has 1 unspecified atom stereocenters. The molecule has 0 saturated carbocycles. The second-order valence-electron chi connectivity index (χ2n) is 8.98. The van der Waals surface area contributed by atoms with Gasteiger partial charge in [0.15, 0.2) is 5.78 Å². The van der Waals surface area contributed by atoms with Crippen LogP contribution < -0.4 is 10.1 Å². The van der Waals surface area contributed by atoms with Crippen molar-refractivity contribution in [2.75, 3.05) is 19.4 Å². The van der Waals surface area contributed by atoms with E-state index in [0.717, 1.165) is 5.03 Å². The van der Waals surface area contributed by atoms with E-state index in [1.165, 1.54) is 34.8 Å². The van der Waals surface area contributed by atoms with Crippen LogP contribution in [0.3, 0.4) is 0 Å². The number of pyridine rings is 1. The fourth-order valence-electron chi connectivity index (χ4n) is 4.89. The summed E-state index contributed by atoms with van der Waals surface area (Å²) >= 11 is 0. The number of methoxy groups -OCH3 is 1. The molecule has 0 saturated heterocycles. The van der Waals surface area contributed by atoms with Gasteiger partial charge in [0.05, 0.1) is 23.8 Å². The van der Waals surface area contributed by atoms with Crippen molar-refractivity contribution in [3.05, 3.63) is 76.0 Å². The van der Waals surface area contributed by atoms with E-state index in [4.69, 9.17) is 4.74 Å². The molecule has 1 heterocycles. The Morgan fingerprint density at radius 2 is 1.82 bits per heavy atom. The molecular formula is C27H24N2O7S2. The van der Waals surface area contributed by atoms with E-state index >= 15 is 0 Å². The Hall–Kier alpha value is -3.54. The van der Waals surface area contributed by atoms with Gasteiger partial charge in [-0.15, -0.1) is 0 Å². The van der Waals surface area contributed by atoms with Crippen molar-refractivity contribution in [1.29, 1.82) is 0 Å². The van der Waals surface area contributed by atoms with Crippen molar-refractivity contribution >= 4 is 39.1 Å². The molecule has 38 heavy (non-hydrogen) atoms. The number of carbonyl (C=O) groups is 3. The van der Waals surface area contributed by atoms with Crippen LogP contribution in [-0.4, -0.2) is 62.8 Å². The maximum atomic E-state index is 13.4. The highest BCUT2D eigenvalue weighted by Crippen LogP contribution is 2.48. The molecule has 3 aromatic rings. The number of hydrogen-bond acceptors (Lipinski definition) is 10. The van der Waals surface area contributed by atoms with Crippen molar-refractivity contribution in [3.8, 4) is 17.2 Å². The Bertz CT molecular complexity index is 1460. The van der Waals surface area contributed by atoms with E-state index in [-0.39, 0.29) is 58.4 Å². The van der Waals surface area contributed by atoms with Gasteiger partial charge < -0.3 is 25.4 Å². The Morgan fingerprint density at radius 3 is 2.55 bits per heavy atom. The lowest BCUT2D eigenvalue weighted by Crippen LogP contribution is -2.51. The summed E-state index contributed by atoms with van der Waals surface area (Å²) in [4.78, 5) is 43.9. The molecule has 0 fully saturated rings. The van der Waals surface area contributed by atoms with Gasteiger partial charge in [0.2, 0.25) is 5.78 Å². The zero-order valence-corrected chi connectivity index (χ0v) is 21.9. The predicted octanol–water partition coefficient (Wildman–Crippen LogP) is 3.05. The smallest absolute Gasteiger partial charge is 0.252 e. The first-order valence-corrected chi connectivity index (χ1v) is 14.2. The number of nitrogens with one attached hydrogen (secondary N) is 1. The highest BCUT2D eigenvalue weighted by Gasteiger charge is 2.45. The molecule has 0 aliphatic heterocycles. The Morgan fingerprint density at radius 1 is 1.05 bits per heavy atom. The van der Waals surface area contributed by atoms with E-state index in [1.54, 1.807) is 18.3 Å². The average Bonchev–Trinajstić information content (AvgIpc) is 2.93. The van der Waals surface area contributed by atoms with Crippen LogP contribution in [0.4, 0.5) is 0 Å². The SMILES string of the molecule is COc1cccc2c1C(=O)c1c(O)c3c(c(O)c1C2=O)CC(O)(C(=O)NCCSSc1ccccn1)CC3. The van der Waals surface area contributed by atoms with E-state index in [0.29, 0.717) is 12.3 Å². The number of aromatic hydroxyl groups is 2. The quantitative estimate of drug-likeness (QED) is 0.153. The lowest BCUT2D eigenvalue weighted by molar-refractivity contribution is -0.140. The summed E-state index contributed by atoms with van der Waals surface area (Å²) in [7, 11) is 4.35. The van der Waals surface area contributed by atoms with Gasteiger partial charge in [0, 0.05) is 41.6 Å². The molecule has 196 valence electrons. The van der Waals surface area contributed by atoms with Crippen molar-refractivity contribution in [1.82, 2.24) is 10.3 Å². The van der Waals surface area contributed by atoms with Gasteiger partial charge in [0.25, 0.3) is 5.91 Å². The zero-order valence-electron chi connectivity index (χ0n) is 20.3. The van der Waals surface area contributed by atoms with Gasteiger partial charge in [0.1, 0.15) is 27.9 Å². The second-order valence-corrected chi connectivity index (χ2v) is 11.4. The second kappa shape index (κ2) is 10.3. The Labute approximate surface area is 226 Å². The third kappa shape index (κ3) is 4.40. The minimum Gasteiger partial charge on any atom is -0.507 e. The molecule has 2 aromatic carbocycles. The van der Waals surface area contributed by atoms with Gasteiger partial charge in [-0.05, 0) is 41.8 Å². The standard InChI is InChI=1S/C27H24N2O7S2/c1-36-17-6-4-5-15-19(17)25(33)21-20(23(15)31)24(32)16-13-27(35,9-8-14(16)22(21)30)26(34)29-11-12-37-38-18-7-2-3-10-28-18/h2-7,10,30,32,35H,8-9,11-13H2,1H3,(H,29,34). The number of ketones is 2. The summed E-state index contributed by atoms with van der Waals surface area (Å²) in [6.45, 7) is 0.297. The number of rotatable bonds is 7. The molecule has 0 spiro atoms. The number of hydrogen-bond donors (Lipinski definition) is 4. The molecule has 1 aromatic heterocycles. The molecule has 5 rings (SSSR count). The number of aromatic nitrogens is 1. The van der Waals surface area contributed by atoms with E-state index in [1.807, 2.05) is 18.2 Å². The Balaban J connectivity index is 1.36. The van der Waals surface area contributed by atoms with Crippen LogP contribution in [0.5, 0.6) is 17.2 Å². The largest absolute Gasteiger partial charge is 0.507 e. The lowest BCUT2D eigenvalue weighted by atomic mass is 9.74. The number of ether oxygens (including phenoxy) is 1. The maximum Gasteiger partial charge on any atom is 0.252 e. The summed E-state index contributed by atoms with van der Waals surface area (Å²) in [5.74, 6) is -2.07. The summed E-state index contributed by atoms with van der Waals surface area (Å²) in [5, 5.41) is 37.0. The van der Waals surface area contributed by atoms with Crippen molar-refractivity contribution in [2.45, 2.75) is 29.9 Å². The summed E-state index contributed by atoms with van der Waals surface area (Å²) in [6.07, 6.45) is 1.37. The summed E-state index contributed by atoms with van der Waals surface area (Å²) in [5.41, 5.74) is -2.10. The first-order valence-electron chi connectivity index (χ1n) is 11.8. The third-order valence-electron chi connectivity index (χ3n) is 6.77. The predicted molar refractivity (Wildman–Crippen MR) is 142 cm³/mol. The van der Waals surface area contributed by atoms with Crippen molar-refractivity contribution in [2.24, 2.45) is 0 Å². The number of nitrogens with zero attached hydrogens (tertiary/aromatic N) is 1. The molecule has 2 aliphatic rings. The van der Waals surface area contributed by atoms with Gasteiger partial charge in [-0.3, -0.25) is 14.4 Å². The van der Waals surface area contributed by atoms with Gasteiger partial charge in [-0.25, -0.2) is 4.98 Å². The van der Waals surface area contributed by atoms with Crippen LogP contribution in [0.25, 0.3) is 0 Å². The fourth-order valence-corrected chi connectivity index (χ4v) is 6.67. The monoisotopic (exact) mass is 552 g/mol. The van der Waals surface area contributed by atoms with Crippen LogP contribution >= 0.6 is 21.6 Å². The molecule has 1 atom stereocenters. The number of benzene rings is 2. The molecule has 9 nitrogen and oxygen atoms in total. The number of phenols is 2. The first kappa shape index (κ1) is 26.1. The molecule has 0 bridgehead atoms. The molecule has 0 radical (unpaired) electrons. The van der Waals surface area contributed by atoms with Crippen molar-refractivity contribution < 1.29 is 34.4 Å². The zero-order chi connectivity index (χ0) is 27.0. The van der Waals surface area contributed by atoms with Crippen LogP contribution in [0.1, 0.15) is 49.4 Å². The number of carbonyl (C=O) groups excluding carboxylic acids is 3. The molecule has 1 amide bonds. The number of phenolic OH excluding ortho intramolecular Hbond substituents is 2. The normalized spacial score (nSPS) is 17.8. The molecule has 2 aliphatic carbocycles. The highest BCUT2D eigenvalue weighted by molar-refractivity contribution is 8.76. The molecule has 4 N–H and O–H groups in total. The van der Waals surface area contributed by atoms with Crippen molar-refractivity contribution in [3.63, 3.8) is 0 Å². The topological polar surface area (TPSA) is 146 Å². The number of fused-ring (bicyclic) bond motifs is 3. The number of aliphatic hydroxyl groups is 1. The van der Waals surface area contributed by atoms with Gasteiger partial charge >= 0.3 is 0 Å². The number of amides is 1. The van der Waals surface area contributed by atoms with E-state index in [2.05, 4.69) is 10.3 Å². The van der Waals surface area contributed by atoms with Gasteiger partial charge in [-0.2, -0.15) is 0 Å². The molecular weight excluding hydrogens is 528 g/mol. The van der Waals surface area contributed by atoms with E-state index < -0.39 is 34.6 Å². The van der Waals surface area contributed by atoms with Gasteiger partial charge in [-0.1, -0.05) is 29.0 Å². The first-order chi connectivity index (χ1) is 18.3. The summed E-state index contributed by atoms with van der Waals surface area (Å²) in [6, 6.07) is 10.1. The summed E-state index contributed by atoms with van der Waals surface area (Å²) < 4.78 is 5.25. The average molecular weight is 553 g/mol. The maximum absolute atomic E-state index is 13.4. The Kier molecular flexibility index (Phi) is 7.08. The highest BCUT2D eigenvalue weighted by atomic mass is 33.1. The minimum absolute atomic E-state index is 0.0212. The van der Waals surface area contributed by atoms with Crippen LogP contribution in [0, 0.1) is 0 Å². The fraction of sp³-hybridized carbons (Fsp3) is 0.259. The minimum atomic E-state index is -1.85. The third-order valence-corrected chi connectivity index (χ3v) is 9.03. The van der Waals surface area contributed by atoms with Crippen LogP contribution in [0.2, 0.25) is 0 Å². The van der Waals surface area contributed by atoms with E-state index in [9.17, 15) is 29.7 Å². The van der Waals surface area contributed by atoms with Crippen LogP contribution in [0.15, 0.2) is 47.6 Å². The van der Waals surface area contributed by atoms with Crippen LogP contribution in [-0.2, 0) is 17.6 Å². The molecule has 11 heteroatoms. The lowest BCUT2D eigenvalue weighted by Gasteiger charge is -2.34.